The number of aromatic nitrogens is 2. The van der Waals surface area contributed by atoms with Gasteiger partial charge in [-0.25, -0.2) is 4.98 Å². The van der Waals surface area contributed by atoms with E-state index in [0.29, 0.717) is 34.0 Å². The largest absolute Gasteiger partial charge is 0.324 e. The number of aromatic amines is 1. The lowest BCUT2D eigenvalue weighted by atomic mass is 10.1. The zero-order chi connectivity index (χ0) is 20.5. The van der Waals surface area contributed by atoms with E-state index >= 15 is 0 Å². The van der Waals surface area contributed by atoms with E-state index in [1.54, 1.807) is 22.9 Å². The van der Waals surface area contributed by atoms with Crippen LogP contribution in [0.15, 0.2) is 40.5 Å². The van der Waals surface area contributed by atoms with Gasteiger partial charge in [-0.2, -0.15) is 0 Å². The number of para-hydroxylation sites is 2. The van der Waals surface area contributed by atoms with E-state index in [0.717, 1.165) is 0 Å². The second kappa shape index (κ2) is 7.76. The van der Waals surface area contributed by atoms with Gasteiger partial charge in [0, 0.05) is 12.5 Å². The normalized spacial score (nSPS) is 16.6. The summed E-state index contributed by atoms with van der Waals surface area (Å²) in [6.45, 7) is 2.31. The van der Waals surface area contributed by atoms with Crippen molar-refractivity contribution in [1.29, 1.82) is 0 Å². The molecule has 0 aliphatic carbocycles. The van der Waals surface area contributed by atoms with Crippen molar-refractivity contribution in [2.75, 3.05) is 23.8 Å². The molecule has 9 heteroatoms. The lowest BCUT2D eigenvalue weighted by Gasteiger charge is -2.29. The van der Waals surface area contributed by atoms with E-state index in [1.807, 2.05) is 36.6 Å². The first-order valence-electron chi connectivity index (χ1n) is 9.28. The molecule has 1 aliphatic rings. The first kappa shape index (κ1) is 19.3. The highest BCUT2D eigenvalue weighted by Crippen LogP contribution is 2.31. The monoisotopic (exact) mass is 411 g/mol. The van der Waals surface area contributed by atoms with Gasteiger partial charge in [0.2, 0.25) is 11.8 Å². The van der Waals surface area contributed by atoms with Crippen LogP contribution in [0.25, 0.3) is 10.2 Å². The Balaban J connectivity index is 1.53. The zero-order valence-electron chi connectivity index (χ0n) is 16.1. The number of rotatable bonds is 4. The van der Waals surface area contributed by atoms with Gasteiger partial charge >= 0.3 is 0 Å². The van der Waals surface area contributed by atoms with Gasteiger partial charge in [-0.05, 0) is 37.6 Å². The molecule has 0 fully saturated rings. The second-order valence-corrected chi connectivity index (χ2v) is 8.12. The summed E-state index contributed by atoms with van der Waals surface area (Å²) >= 11 is 1.35. The molecular weight excluding hydrogens is 390 g/mol. The van der Waals surface area contributed by atoms with Crippen LogP contribution in [0, 0.1) is 0 Å². The van der Waals surface area contributed by atoms with Crippen molar-refractivity contribution in [3.8, 4) is 0 Å². The average Bonchev–Trinajstić information content (AvgIpc) is 3.07. The summed E-state index contributed by atoms with van der Waals surface area (Å²) in [5.41, 5.74) is 1.81. The molecule has 2 amide bonds. The number of fused-ring (bicyclic) bond motifs is 2. The smallest absolute Gasteiger partial charge is 0.268 e. The second-order valence-electron chi connectivity index (χ2n) is 7.20. The van der Waals surface area contributed by atoms with Crippen LogP contribution >= 0.6 is 11.3 Å². The van der Waals surface area contributed by atoms with Crippen molar-refractivity contribution in [2.24, 2.45) is 0 Å². The maximum absolute atomic E-state index is 13.1. The number of thiophene rings is 1. The molecule has 29 heavy (non-hydrogen) atoms. The number of amides is 2. The van der Waals surface area contributed by atoms with Gasteiger partial charge in [-0.3, -0.25) is 19.3 Å². The number of nitrogens with one attached hydrogen (secondary N) is 2. The minimum atomic E-state index is -0.264. The zero-order valence-corrected chi connectivity index (χ0v) is 17.0. The average molecular weight is 411 g/mol. The highest BCUT2D eigenvalue weighted by atomic mass is 32.1. The first-order valence-corrected chi connectivity index (χ1v) is 10.2. The van der Waals surface area contributed by atoms with Crippen LogP contribution < -0.4 is 15.8 Å². The maximum Gasteiger partial charge on any atom is 0.268 e. The fourth-order valence-electron chi connectivity index (χ4n) is 3.58. The molecule has 0 saturated heterocycles. The minimum Gasteiger partial charge on any atom is -0.324 e. The fourth-order valence-corrected chi connectivity index (χ4v) is 4.31. The van der Waals surface area contributed by atoms with Crippen molar-refractivity contribution in [3.63, 3.8) is 0 Å². The van der Waals surface area contributed by atoms with Crippen molar-refractivity contribution < 1.29 is 9.59 Å². The number of benzene rings is 1. The predicted octanol–water partition coefficient (Wildman–Crippen LogP) is 2.18. The third kappa shape index (κ3) is 3.92. The molecule has 8 nitrogen and oxygen atoms in total. The Morgan fingerprint density at radius 2 is 2.10 bits per heavy atom. The standard InChI is InChI=1S/C20H21N5O3S/c1-12-9-17(26)22-13-5-3-4-6-15(13)25(12)18(27)11-24(2)10-16-21-14-7-8-29-19(14)20(28)23-16/h3-8,12H,9-11H2,1-2H3,(H,22,26)(H,21,23,28)/t12-/m0/s1. The molecule has 1 aliphatic heterocycles. The summed E-state index contributed by atoms with van der Waals surface area (Å²) < 4.78 is 0.597. The Bertz CT molecular complexity index is 1140. The number of anilines is 2. The summed E-state index contributed by atoms with van der Waals surface area (Å²) in [6, 6.07) is 8.84. The lowest BCUT2D eigenvalue weighted by molar-refractivity contribution is -0.120. The number of carbonyl (C=O) groups is 2. The van der Waals surface area contributed by atoms with E-state index in [9.17, 15) is 14.4 Å². The van der Waals surface area contributed by atoms with Crippen LogP contribution in [0.4, 0.5) is 11.4 Å². The lowest BCUT2D eigenvalue weighted by Crippen LogP contribution is -2.44. The molecular formula is C20H21N5O3S. The molecule has 0 bridgehead atoms. The number of H-pyrrole nitrogens is 1. The van der Waals surface area contributed by atoms with Gasteiger partial charge < -0.3 is 15.2 Å². The maximum atomic E-state index is 13.1. The number of likely N-dealkylation sites (N-methyl/N-ethyl adjacent to an activating group) is 1. The van der Waals surface area contributed by atoms with Crippen LogP contribution in [0.3, 0.4) is 0 Å². The van der Waals surface area contributed by atoms with E-state index in [4.69, 9.17) is 0 Å². The van der Waals surface area contributed by atoms with Crippen molar-refractivity contribution in [2.45, 2.75) is 25.9 Å². The van der Waals surface area contributed by atoms with E-state index < -0.39 is 0 Å². The molecule has 0 saturated carbocycles. The SMILES string of the molecule is C[C@H]1CC(=O)Nc2ccccc2N1C(=O)CN(C)Cc1nc2ccsc2c(=O)[nH]1. The Kier molecular flexibility index (Phi) is 5.16. The van der Waals surface area contributed by atoms with Gasteiger partial charge in [0.05, 0.1) is 30.0 Å². The third-order valence-corrected chi connectivity index (χ3v) is 5.72. The van der Waals surface area contributed by atoms with Crippen molar-refractivity contribution in [1.82, 2.24) is 14.9 Å². The first-order chi connectivity index (χ1) is 13.9. The predicted molar refractivity (Wildman–Crippen MR) is 113 cm³/mol. The van der Waals surface area contributed by atoms with E-state index in [1.165, 1.54) is 11.3 Å². The van der Waals surface area contributed by atoms with Crippen LogP contribution in [0.1, 0.15) is 19.2 Å². The number of hydrogen-bond donors (Lipinski definition) is 2. The summed E-state index contributed by atoms with van der Waals surface area (Å²) in [5.74, 6) is 0.278. The molecule has 2 aromatic heterocycles. The molecule has 3 aromatic rings. The van der Waals surface area contributed by atoms with Crippen molar-refractivity contribution >= 4 is 44.7 Å². The Morgan fingerprint density at radius 1 is 1.31 bits per heavy atom. The number of hydrogen-bond acceptors (Lipinski definition) is 6. The molecule has 1 atom stereocenters. The molecule has 4 rings (SSSR count). The van der Waals surface area contributed by atoms with Gasteiger partial charge in [-0.15, -0.1) is 11.3 Å². The molecule has 150 valence electrons. The van der Waals surface area contributed by atoms with E-state index in [-0.39, 0.29) is 36.4 Å². The molecule has 0 unspecified atom stereocenters. The van der Waals surface area contributed by atoms with Gasteiger partial charge in [0.25, 0.3) is 5.56 Å². The quantitative estimate of drug-likeness (QED) is 0.686. The summed E-state index contributed by atoms with van der Waals surface area (Å²) in [4.78, 5) is 48.1. The van der Waals surface area contributed by atoms with Crippen LogP contribution in [-0.4, -0.2) is 46.3 Å². The number of nitrogens with zero attached hydrogens (tertiary/aromatic N) is 3. The van der Waals surface area contributed by atoms with E-state index in [2.05, 4.69) is 15.3 Å². The van der Waals surface area contributed by atoms with Crippen LogP contribution in [0.2, 0.25) is 0 Å². The minimum absolute atomic E-state index is 0.112. The molecule has 0 radical (unpaired) electrons. The van der Waals surface area contributed by atoms with Gasteiger partial charge in [-0.1, -0.05) is 12.1 Å². The Hall–Kier alpha value is -3.04. The highest BCUT2D eigenvalue weighted by Gasteiger charge is 2.30. The highest BCUT2D eigenvalue weighted by molar-refractivity contribution is 7.17. The molecule has 2 N–H and O–H groups in total. The number of carbonyl (C=O) groups excluding carboxylic acids is 2. The Morgan fingerprint density at radius 3 is 2.93 bits per heavy atom. The third-order valence-electron chi connectivity index (χ3n) is 4.82. The Labute approximate surface area is 171 Å². The summed E-state index contributed by atoms with van der Waals surface area (Å²) in [5, 5.41) is 4.69. The molecule has 1 aromatic carbocycles. The van der Waals surface area contributed by atoms with Crippen LogP contribution in [-0.2, 0) is 16.1 Å². The topological polar surface area (TPSA) is 98.4 Å². The van der Waals surface area contributed by atoms with Crippen LogP contribution in [0.5, 0.6) is 0 Å². The fraction of sp³-hybridized carbons (Fsp3) is 0.300. The molecule has 3 heterocycles. The molecule has 0 spiro atoms. The van der Waals surface area contributed by atoms with Gasteiger partial charge in [0.1, 0.15) is 10.5 Å². The summed E-state index contributed by atoms with van der Waals surface area (Å²) in [6.07, 6.45) is 0.230. The summed E-state index contributed by atoms with van der Waals surface area (Å²) in [7, 11) is 1.80. The van der Waals surface area contributed by atoms with Gasteiger partial charge in [0.15, 0.2) is 0 Å². The van der Waals surface area contributed by atoms with Crippen molar-refractivity contribution in [3.05, 3.63) is 51.9 Å².